The zero-order valence-electron chi connectivity index (χ0n) is 20.5. The van der Waals surface area contributed by atoms with E-state index in [9.17, 15) is 19.1 Å². The number of carbonyl (C=O) groups excluding carboxylic acids is 2. The lowest BCUT2D eigenvalue weighted by Gasteiger charge is -2.23. The lowest BCUT2D eigenvalue weighted by Crippen LogP contribution is -2.29. The van der Waals surface area contributed by atoms with Crippen LogP contribution in [-0.2, 0) is 9.59 Å². The van der Waals surface area contributed by atoms with Crippen molar-refractivity contribution < 1.29 is 28.6 Å². The molecule has 7 nitrogen and oxygen atoms in total. The number of thiazole rings is 1. The minimum atomic E-state index is -1.01. The van der Waals surface area contributed by atoms with Crippen LogP contribution in [0.4, 0.5) is 9.52 Å². The van der Waals surface area contributed by atoms with Crippen LogP contribution in [0, 0.1) is 19.7 Å². The number of ketones is 1. The third-order valence-corrected chi connectivity index (χ3v) is 7.31. The molecule has 188 valence electrons. The highest BCUT2D eigenvalue weighted by Gasteiger charge is 2.48. The van der Waals surface area contributed by atoms with E-state index >= 15 is 0 Å². The van der Waals surface area contributed by atoms with Crippen LogP contribution >= 0.6 is 11.3 Å². The summed E-state index contributed by atoms with van der Waals surface area (Å²) in [6.45, 7) is 3.91. The van der Waals surface area contributed by atoms with Gasteiger partial charge in [-0.05, 0) is 73.0 Å². The van der Waals surface area contributed by atoms with Crippen molar-refractivity contribution in [3.8, 4) is 11.5 Å². The van der Waals surface area contributed by atoms with Crippen molar-refractivity contribution in [2.75, 3.05) is 19.1 Å². The van der Waals surface area contributed by atoms with Gasteiger partial charge in [0.1, 0.15) is 11.6 Å². The van der Waals surface area contributed by atoms with E-state index in [1.165, 1.54) is 54.7 Å². The second-order valence-electron chi connectivity index (χ2n) is 8.72. The summed E-state index contributed by atoms with van der Waals surface area (Å²) < 4.78 is 25.2. The summed E-state index contributed by atoms with van der Waals surface area (Å²) in [7, 11) is 2.99. The number of hydrogen-bond acceptors (Lipinski definition) is 7. The normalized spacial score (nSPS) is 17.0. The lowest BCUT2D eigenvalue weighted by molar-refractivity contribution is -0.132. The maximum absolute atomic E-state index is 13.5. The number of Topliss-reactive ketones (excluding diaryl/α,β-unsaturated/α-hetero) is 1. The molecule has 0 aliphatic carbocycles. The standard InChI is InChI=1S/C28H23FN2O5S/c1-14-11-15(2)23-21(12-14)37-28(30-23)31-24(17-7-10-19(35-3)20(13-17)36-4)22(26(33)27(31)34)25(32)16-5-8-18(29)9-6-16/h5-13,24,32H,1-4H3/b25-22+. The molecule has 0 radical (unpaired) electrons. The Balaban J connectivity index is 1.76. The zero-order chi connectivity index (χ0) is 26.4. The molecule has 4 aromatic rings. The molecule has 0 saturated carbocycles. The quantitative estimate of drug-likeness (QED) is 0.207. The first kappa shape index (κ1) is 24.5. The van der Waals surface area contributed by atoms with Crippen molar-refractivity contribution in [2.45, 2.75) is 19.9 Å². The molecule has 1 atom stereocenters. The van der Waals surface area contributed by atoms with E-state index < -0.39 is 29.3 Å². The number of aromatic nitrogens is 1. The molecule has 3 aromatic carbocycles. The van der Waals surface area contributed by atoms with Crippen LogP contribution in [0.15, 0.2) is 60.2 Å². The highest BCUT2D eigenvalue weighted by atomic mass is 32.1. The molecule has 1 N–H and O–H groups in total. The number of aliphatic hydroxyl groups excluding tert-OH is 1. The van der Waals surface area contributed by atoms with Gasteiger partial charge in [-0.15, -0.1) is 0 Å². The number of nitrogens with zero attached hydrogens (tertiary/aromatic N) is 2. The molecule has 1 fully saturated rings. The fourth-order valence-electron chi connectivity index (χ4n) is 4.59. The van der Waals surface area contributed by atoms with Gasteiger partial charge in [-0.2, -0.15) is 0 Å². The predicted octanol–water partition coefficient (Wildman–Crippen LogP) is 5.70. The number of methoxy groups -OCH3 is 2. The number of fused-ring (bicyclic) bond motifs is 1. The van der Waals surface area contributed by atoms with Crippen molar-refractivity contribution in [3.63, 3.8) is 0 Å². The zero-order valence-corrected chi connectivity index (χ0v) is 21.4. The maximum Gasteiger partial charge on any atom is 0.301 e. The van der Waals surface area contributed by atoms with Crippen LogP contribution < -0.4 is 14.4 Å². The van der Waals surface area contributed by atoms with Gasteiger partial charge in [0.05, 0.1) is 36.1 Å². The minimum absolute atomic E-state index is 0.129. The summed E-state index contributed by atoms with van der Waals surface area (Å²) >= 11 is 1.29. The summed E-state index contributed by atoms with van der Waals surface area (Å²) in [6.07, 6.45) is 0. The van der Waals surface area contributed by atoms with Gasteiger partial charge in [0.15, 0.2) is 16.6 Å². The first-order valence-corrected chi connectivity index (χ1v) is 12.2. The Labute approximate surface area is 216 Å². The van der Waals surface area contributed by atoms with Gasteiger partial charge in [0.25, 0.3) is 5.78 Å². The average Bonchev–Trinajstić information content (AvgIpc) is 3.42. The number of carbonyl (C=O) groups is 2. The van der Waals surface area contributed by atoms with Crippen molar-refractivity contribution in [3.05, 3.63) is 88.2 Å². The van der Waals surface area contributed by atoms with Gasteiger partial charge < -0.3 is 14.6 Å². The summed E-state index contributed by atoms with van der Waals surface area (Å²) in [5.41, 5.74) is 3.32. The first-order chi connectivity index (χ1) is 17.7. The molecule has 9 heteroatoms. The highest BCUT2D eigenvalue weighted by Crippen LogP contribution is 2.46. The van der Waals surface area contributed by atoms with E-state index in [-0.39, 0.29) is 11.1 Å². The van der Waals surface area contributed by atoms with E-state index in [4.69, 9.17) is 14.5 Å². The molecule has 1 saturated heterocycles. The number of halogens is 1. The number of ether oxygens (including phenoxy) is 2. The third-order valence-electron chi connectivity index (χ3n) is 6.31. The van der Waals surface area contributed by atoms with Crippen LogP contribution in [0.3, 0.4) is 0 Å². The topological polar surface area (TPSA) is 89.0 Å². The second-order valence-corrected chi connectivity index (χ2v) is 9.72. The van der Waals surface area contributed by atoms with Crippen molar-refractivity contribution >= 4 is 44.1 Å². The first-order valence-electron chi connectivity index (χ1n) is 11.4. The van der Waals surface area contributed by atoms with Crippen molar-refractivity contribution in [2.24, 2.45) is 0 Å². The van der Waals surface area contributed by atoms with Crippen LogP contribution in [0.2, 0.25) is 0 Å². The van der Waals surface area contributed by atoms with Crippen molar-refractivity contribution in [1.82, 2.24) is 4.98 Å². The third kappa shape index (κ3) is 4.11. The van der Waals surface area contributed by atoms with Crippen LogP contribution in [-0.4, -0.2) is 36.0 Å². The maximum atomic E-state index is 13.5. The molecule has 5 rings (SSSR count). The second kappa shape index (κ2) is 9.33. The Bertz CT molecular complexity index is 1590. The number of anilines is 1. The predicted molar refractivity (Wildman–Crippen MR) is 140 cm³/mol. The molecule has 1 aromatic heterocycles. The molecule has 37 heavy (non-hydrogen) atoms. The molecule has 0 bridgehead atoms. The fraction of sp³-hybridized carbons (Fsp3) is 0.179. The van der Waals surface area contributed by atoms with E-state index in [1.54, 1.807) is 18.2 Å². The molecule has 1 amide bonds. The SMILES string of the molecule is COc1ccc(C2/C(=C(\O)c3ccc(F)cc3)C(=O)C(=O)N2c2nc3c(C)cc(C)cc3s2)cc1OC. The number of aryl methyl sites for hydroxylation is 2. The molecular formula is C28H23FN2O5S. The number of hydrogen-bond donors (Lipinski definition) is 1. The van der Waals surface area contributed by atoms with Crippen molar-refractivity contribution in [1.29, 1.82) is 0 Å². The van der Waals surface area contributed by atoms with Gasteiger partial charge in [0, 0.05) is 5.56 Å². The van der Waals surface area contributed by atoms with Gasteiger partial charge in [-0.1, -0.05) is 23.5 Å². The summed E-state index contributed by atoms with van der Waals surface area (Å²) in [5, 5.41) is 11.6. The number of rotatable bonds is 5. The molecule has 1 unspecified atom stereocenters. The van der Waals surface area contributed by atoms with Crippen LogP contribution in [0.5, 0.6) is 11.5 Å². The Morgan fingerprint density at radius 3 is 2.38 bits per heavy atom. The van der Waals surface area contributed by atoms with Gasteiger partial charge in [-0.25, -0.2) is 9.37 Å². The van der Waals surface area contributed by atoms with Gasteiger partial charge >= 0.3 is 5.91 Å². The summed E-state index contributed by atoms with van der Waals surface area (Å²) in [6, 6.07) is 13.1. The summed E-state index contributed by atoms with van der Waals surface area (Å²) in [4.78, 5) is 32.9. The average molecular weight is 519 g/mol. The Morgan fingerprint density at radius 1 is 1.00 bits per heavy atom. The Morgan fingerprint density at radius 2 is 1.70 bits per heavy atom. The van der Waals surface area contributed by atoms with Gasteiger partial charge in [0.2, 0.25) is 0 Å². The highest BCUT2D eigenvalue weighted by molar-refractivity contribution is 7.22. The Hall–Kier alpha value is -4.24. The number of aliphatic hydroxyl groups is 1. The fourth-order valence-corrected chi connectivity index (χ4v) is 5.76. The minimum Gasteiger partial charge on any atom is -0.507 e. The van der Waals surface area contributed by atoms with Gasteiger partial charge in [-0.3, -0.25) is 14.5 Å². The molecule has 1 aliphatic heterocycles. The molecular weight excluding hydrogens is 495 g/mol. The van der Waals surface area contributed by atoms with E-state index in [0.717, 1.165) is 21.3 Å². The molecule has 0 spiro atoms. The lowest BCUT2D eigenvalue weighted by atomic mass is 9.95. The van der Waals surface area contributed by atoms with E-state index in [0.29, 0.717) is 22.2 Å². The molecule has 1 aliphatic rings. The monoisotopic (exact) mass is 518 g/mol. The summed E-state index contributed by atoms with van der Waals surface area (Å²) in [5.74, 6) is -1.73. The Kier molecular flexibility index (Phi) is 6.16. The number of benzene rings is 3. The smallest absolute Gasteiger partial charge is 0.301 e. The largest absolute Gasteiger partial charge is 0.507 e. The molecule has 2 heterocycles. The van der Waals surface area contributed by atoms with Crippen LogP contribution in [0.25, 0.3) is 16.0 Å². The van der Waals surface area contributed by atoms with E-state index in [2.05, 4.69) is 0 Å². The van der Waals surface area contributed by atoms with E-state index in [1.807, 2.05) is 26.0 Å². The van der Waals surface area contributed by atoms with Crippen LogP contribution in [0.1, 0.15) is 28.3 Å². The number of amides is 1.